The van der Waals surface area contributed by atoms with Gasteiger partial charge in [-0.05, 0) is 17.7 Å². The van der Waals surface area contributed by atoms with Gasteiger partial charge in [0.2, 0.25) is 0 Å². The van der Waals surface area contributed by atoms with Crippen LogP contribution in [0.25, 0.3) is 0 Å². The highest BCUT2D eigenvalue weighted by atomic mass is 19.4. The van der Waals surface area contributed by atoms with E-state index in [1.165, 1.54) is 18.2 Å². The average Bonchev–Trinajstić information content (AvgIpc) is 2.23. The minimum atomic E-state index is -4.39. The van der Waals surface area contributed by atoms with Crippen molar-refractivity contribution in [1.29, 1.82) is 0 Å². The fourth-order valence-electron chi connectivity index (χ4n) is 1.26. The molecule has 1 atom stereocenters. The van der Waals surface area contributed by atoms with E-state index in [0.29, 0.717) is 5.56 Å². The van der Waals surface area contributed by atoms with Gasteiger partial charge in [0.05, 0.1) is 12.6 Å². The van der Waals surface area contributed by atoms with E-state index in [1.54, 1.807) is 6.07 Å². The summed E-state index contributed by atoms with van der Waals surface area (Å²) in [6.07, 6.45) is -4.39. The number of ether oxygens (including phenoxy) is 1. The summed E-state index contributed by atoms with van der Waals surface area (Å²) in [5.41, 5.74) is 2.70. The third-order valence-corrected chi connectivity index (χ3v) is 2.00. The maximum absolute atomic E-state index is 12.9. The van der Waals surface area contributed by atoms with Crippen LogP contribution in [0.5, 0.6) is 0 Å². The fourth-order valence-corrected chi connectivity index (χ4v) is 1.26. The highest BCUT2D eigenvalue weighted by Gasteiger charge is 2.28. The van der Waals surface area contributed by atoms with Crippen LogP contribution in [-0.2, 0) is 4.74 Å². The van der Waals surface area contributed by atoms with Crippen molar-refractivity contribution >= 4 is 0 Å². The monoisotopic (exact) mass is 252 g/mol. The van der Waals surface area contributed by atoms with Crippen LogP contribution in [-0.4, -0.2) is 19.4 Å². The first-order chi connectivity index (χ1) is 7.92. The van der Waals surface area contributed by atoms with Gasteiger partial charge in [0, 0.05) is 0 Å². The van der Waals surface area contributed by atoms with E-state index in [2.05, 4.69) is 10.2 Å². The summed E-state index contributed by atoms with van der Waals surface area (Å²) in [6, 6.07) is 4.71. The van der Waals surface area contributed by atoms with E-state index in [4.69, 9.17) is 5.84 Å². The van der Waals surface area contributed by atoms with Gasteiger partial charge in [0.1, 0.15) is 12.4 Å². The number of hydrogen-bond acceptors (Lipinski definition) is 3. The smallest absolute Gasteiger partial charge is 0.370 e. The number of rotatable bonds is 5. The van der Waals surface area contributed by atoms with Gasteiger partial charge in [-0.3, -0.25) is 11.3 Å². The van der Waals surface area contributed by atoms with E-state index in [1.807, 2.05) is 0 Å². The van der Waals surface area contributed by atoms with E-state index >= 15 is 0 Å². The molecule has 0 aromatic heterocycles. The first-order valence-electron chi connectivity index (χ1n) is 4.78. The molecule has 1 aromatic rings. The molecule has 0 saturated heterocycles. The van der Waals surface area contributed by atoms with E-state index in [9.17, 15) is 17.6 Å². The minimum Gasteiger partial charge on any atom is -0.370 e. The Kier molecular flexibility index (Phi) is 4.86. The molecule has 0 bridgehead atoms. The molecule has 0 aliphatic carbocycles. The number of hydrazine groups is 1. The normalized spacial score (nSPS) is 13.7. The second kappa shape index (κ2) is 5.95. The molecule has 0 fully saturated rings. The maximum atomic E-state index is 12.9. The molecule has 0 radical (unpaired) electrons. The van der Waals surface area contributed by atoms with Crippen molar-refractivity contribution in [2.75, 3.05) is 13.2 Å². The van der Waals surface area contributed by atoms with Crippen LogP contribution in [0.2, 0.25) is 0 Å². The lowest BCUT2D eigenvalue weighted by Crippen LogP contribution is -2.32. The molecule has 17 heavy (non-hydrogen) atoms. The Labute approximate surface area is 95.5 Å². The van der Waals surface area contributed by atoms with Crippen molar-refractivity contribution < 1.29 is 22.3 Å². The van der Waals surface area contributed by atoms with Gasteiger partial charge >= 0.3 is 6.18 Å². The molecule has 0 saturated carbocycles. The zero-order valence-corrected chi connectivity index (χ0v) is 8.80. The predicted molar refractivity (Wildman–Crippen MR) is 53.3 cm³/mol. The first-order valence-corrected chi connectivity index (χ1v) is 4.78. The average molecular weight is 252 g/mol. The summed E-state index contributed by atoms with van der Waals surface area (Å²) in [6.45, 7) is -1.65. The second-order valence-electron chi connectivity index (χ2n) is 3.40. The molecule has 0 spiro atoms. The van der Waals surface area contributed by atoms with Gasteiger partial charge in [-0.1, -0.05) is 12.1 Å². The minimum absolute atomic E-state index is 0.292. The summed E-state index contributed by atoms with van der Waals surface area (Å²) in [5, 5.41) is 0. The Morgan fingerprint density at radius 1 is 1.35 bits per heavy atom. The van der Waals surface area contributed by atoms with Crippen LogP contribution in [0, 0.1) is 5.82 Å². The number of hydrogen-bond donors (Lipinski definition) is 2. The zero-order valence-electron chi connectivity index (χ0n) is 8.80. The molecule has 7 heteroatoms. The van der Waals surface area contributed by atoms with Crippen LogP contribution >= 0.6 is 0 Å². The van der Waals surface area contributed by atoms with E-state index in [-0.39, 0.29) is 6.61 Å². The lowest BCUT2D eigenvalue weighted by molar-refractivity contribution is -0.175. The van der Waals surface area contributed by atoms with Crippen molar-refractivity contribution in [3.63, 3.8) is 0 Å². The van der Waals surface area contributed by atoms with E-state index < -0.39 is 24.6 Å². The number of benzene rings is 1. The van der Waals surface area contributed by atoms with Gasteiger partial charge < -0.3 is 4.74 Å². The maximum Gasteiger partial charge on any atom is 0.411 e. The number of nitrogens with two attached hydrogens (primary N) is 1. The summed E-state index contributed by atoms with van der Waals surface area (Å²) in [4.78, 5) is 0. The molecule has 0 amide bonds. The first kappa shape index (κ1) is 13.9. The van der Waals surface area contributed by atoms with Crippen LogP contribution in [0.1, 0.15) is 11.6 Å². The van der Waals surface area contributed by atoms with Crippen LogP contribution < -0.4 is 11.3 Å². The molecule has 1 rings (SSSR count). The highest BCUT2D eigenvalue weighted by molar-refractivity contribution is 5.20. The largest absolute Gasteiger partial charge is 0.411 e. The fraction of sp³-hybridized carbons (Fsp3) is 0.400. The van der Waals surface area contributed by atoms with Crippen molar-refractivity contribution in [2.45, 2.75) is 12.2 Å². The summed E-state index contributed by atoms with van der Waals surface area (Å²) in [7, 11) is 0. The molecule has 0 heterocycles. The third-order valence-electron chi connectivity index (χ3n) is 2.00. The topological polar surface area (TPSA) is 47.3 Å². The molecule has 1 aromatic carbocycles. The summed E-state index contributed by atoms with van der Waals surface area (Å²) < 4.78 is 52.9. The zero-order chi connectivity index (χ0) is 12.9. The molecule has 0 aliphatic heterocycles. The number of halogens is 4. The Morgan fingerprint density at radius 2 is 2.06 bits per heavy atom. The standard InChI is InChI=1S/C10H12F4N2O/c11-8-3-1-2-7(4-8)9(16-15)5-17-6-10(12,13)14/h1-4,9,16H,5-6,15H2. The molecular formula is C10H12F4N2O. The Balaban J connectivity index is 2.54. The van der Waals surface area contributed by atoms with E-state index in [0.717, 1.165) is 0 Å². The molecule has 0 aliphatic rings. The van der Waals surface area contributed by atoms with Gasteiger partial charge in [0.15, 0.2) is 0 Å². The number of nitrogens with one attached hydrogen (secondary N) is 1. The van der Waals surface area contributed by atoms with Crippen molar-refractivity contribution in [1.82, 2.24) is 5.43 Å². The van der Waals surface area contributed by atoms with Gasteiger partial charge in [-0.2, -0.15) is 13.2 Å². The lowest BCUT2D eigenvalue weighted by Gasteiger charge is -2.17. The molecule has 1 unspecified atom stereocenters. The lowest BCUT2D eigenvalue weighted by atomic mass is 10.1. The van der Waals surface area contributed by atoms with Crippen molar-refractivity contribution in [3.05, 3.63) is 35.6 Å². The molecule has 3 nitrogen and oxygen atoms in total. The van der Waals surface area contributed by atoms with Crippen LogP contribution in [0.3, 0.4) is 0 Å². The third kappa shape index (κ3) is 5.12. The molecular weight excluding hydrogens is 240 g/mol. The quantitative estimate of drug-likeness (QED) is 0.478. The van der Waals surface area contributed by atoms with Gasteiger partial charge in [0.25, 0.3) is 0 Å². The highest BCUT2D eigenvalue weighted by Crippen LogP contribution is 2.17. The summed E-state index contributed by atoms with van der Waals surface area (Å²) >= 11 is 0. The molecule has 96 valence electrons. The SMILES string of the molecule is NNC(COCC(F)(F)F)c1cccc(F)c1. The Morgan fingerprint density at radius 3 is 2.59 bits per heavy atom. The predicted octanol–water partition coefficient (Wildman–Crippen LogP) is 1.91. The Hall–Kier alpha value is -1.18. The van der Waals surface area contributed by atoms with Crippen LogP contribution in [0.4, 0.5) is 17.6 Å². The van der Waals surface area contributed by atoms with Crippen LogP contribution in [0.15, 0.2) is 24.3 Å². The number of alkyl halides is 3. The Bertz CT molecular complexity index is 356. The van der Waals surface area contributed by atoms with Gasteiger partial charge in [-0.25, -0.2) is 4.39 Å². The van der Waals surface area contributed by atoms with Gasteiger partial charge in [-0.15, -0.1) is 0 Å². The van der Waals surface area contributed by atoms with Crippen molar-refractivity contribution in [2.24, 2.45) is 5.84 Å². The molecule has 3 N–H and O–H groups in total. The van der Waals surface area contributed by atoms with Crippen molar-refractivity contribution in [3.8, 4) is 0 Å². The second-order valence-corrected chi connectivity index (χ2v) is 3.40. The summed E-state index contributed by atoms with van der Waals surface area (Å²) in [5.74, 6) is 4.68.